The van der Waals surface area contributed by atoms with Gasteiger partial charge in [0.2, 0.25) is 12.3 Å². The van der Waals surface area contributed by atoms with Crippen LogP contribution in [0.4, 0.5) is 11.4 Å². The van der Waals surface area contributed by atoms with E-state index >= 15 is 0 Å². The first-order chi connectivity index (χ1) is 13.4. The topological polar surface area (TPSA) is 107 Å². The second-order valence-electron chi connectivity index (χ2n) is 6.18. The maximum Gasteiger partial charge on any atom is 0.280 e. The number of ketones is 1. The van der Waals surface area contributed by atoms with Crippen molar-refractivity contribution in [3.05, 3.63) is 110 Å². The van der Waals surface area contributed by atoms with Gasteiger partial charge in [0.05, 0.1) is 9.85 Å². The van der Waals surface area contributed by atoms with Crippen molar-refractivity contribution in [2.75, 3.05) is 0 Å². The third-order valence-electron chi connectivity index (χ3n) is 4.24. The second-order valence-corrected chi connectivity index (χ2v) is 6.18. The molecule has 0 radical (unpaired) electrons. The van der Waals surface area contributed by atoms with Crippen molar-refractivity contribution in [3.63, 3.8) is 0 Å². The number of hydrogen-bond acceptors (Lipinski definition) is 5. The lowest BCUT2D eigenvalue weighted by Crippen LogP contribution is -2.37. The summed E-state index contributed by atoms with van der Waals surface area (Å²) in [6, 6.07) is 15.9. The molecule has 0 atom stereocenters. The number of halogens is 1. The van der Waals surface area contributed by atoms with Crippen molar-refractivity contribution in [1.82, 2.24) is 0 Å². The summed E-state index contributed by atoms with van der Waals surface area (Å²) in [5.41, 5.74) is 1.82. The molecule has 0 amide bonds. The molecule has 1 aromatic heterocycles. The number of para-hydroxylation sites is 1. The first kappa shape index (κ1) is 21.8. The van der Waals surface area contributed by atoms with Crippen molar-refractivity contribution in [1.29, 1.82) is 0 Å². The number of pyridine rings is 1. The van der Waals surface area contributed by atoms with Gasteiger partial charge in [0.1, 0.15) is 5.56 Å². The number of nitro groups is 2. The first-order valence-corrected chi connectivity index (χ1v) is 8.42. The zero-order valence-corrected chi connectivity index (χ0v) is 16.8. The summed E-state index contributed by atoms with van der Waals surface area (Å²) < 4.78 is 1.65. The summed E-state index contributed by atoms with van der Waals surface area (Å²) in [5.74, 6) is -0.347. The third-order valence-corrected chi connectivity index (χ3v) is 4.24. The highest BCUT2D eigenvalue weighted by Crippen LogP contribution is 2.18. The van der Waals surface area contributed by atoms with Crippen LogP contribution in [0, 0.1) is 20.2 Å². The number of nitro benzene ring substituents is 2. The van der Waals surface area contributed by atoms with E-state index in [1.54, 1.807) is 35.2 Å². The van der Waals surface area contributed by atoms with Gasteiger partial charge < -0.3 is 0 Å². The molecule has 3 rings (SSSR count). The second kappa shape index (κ2) is 9.65. The lowest BCUT2D eigenvalue weighted by Gasteiger charge is -2.03. The van der Waals surface area contributed by atoms with Crippen LogP contribution in [0.3, 0.4) is 0 Å². The molecule has 0 saturated heterocycles. The molecule has 9 heteroatoms. The third kappa shape index (κ3) is 5.52. The maximum absolute atomic E-state index is 12.4. The van der Waals surface area contributed by atoms with E-state index < -0.39 is 9.85 Å². The number of aromatic nitrogens is 1. The van der Waals surface area contributed by atoms with Crippen molar-refractivity contribution < 1.29 is 19.2 Å². The van der Waals surface area contributed by atoms with Gasteiger partial charge in [-0.1, -0.05) is 24.3 Å². The summed E-state index contributed by atoms with van der Waals surface area (Å²) in [7, 11) is 0. The molecule has 3 aromatic rings. The number of hydrogen-bond donors (Lipinski definition) is 0. The van der Waals surface area contributed by atoms with Crippen LogP contribution in [0.5, 0.6) is 0 Å². The molecule has 0 N–H and O–H groups in total. The van der Waals surface area contributed by atoms with Gasteiger partial charge in [-0.3, -0.25) is 25.0 Å². The van der Waals surface area contributed by atoms with E-state index in [1.165, 1.54) is 30.3 Å². The summed E-state index contributed by atoms with van der Waals surface area (Å²) in [5, 5.41) is 21.8. The van der Waals surface area contributed by atoms with E-state index in [1.807, 2.05) is 12.1 Å². The normalized spacial score (nSPS) is 10.1. The number of nitrogens with zero attached hydrogens (tertiary/aromatic N) is 3. The van der Waals surface area contributed by atoms with Crippen LogP contribution in [0.1, 0.15) is 21.5 Å². The molecule has 0 unspecified atom stereocenters. The summed E-state index contributed by atoms with van der Waals surface area (Å²) in [6.07, 6.45) is 4.05. The van der Waals surface area contributed by atoms with Crippen molar-refractivity contribution in [2.24, 2.45) is 0 Å². The Morgan fingerprint density at radius 2 is 1.41 bits per heavy atom. The Hall–Kier alpha value is -3.46. The Balaban J connectivity index is 0.00000300. The lowest BCUT2D eigenvalue weighted by atomic mass is 10.1. The van der Waals surface area contributed by atoms with Crippen molar-refractivity contribution in [3.8, 4) is 0 Å². The van der Waals surface area contributed by atoms with E-state index in [9.17, 15) is 25.0 Å². The Morgan fingerprint density at radius 1 is 0.828 bits per heavy atom. The summed E-state index contributed by atoms with van der Waals surface area (Å²) >= 11 is 0. The van der Waals surface area contributed by atoms with Gasteiger partial charge in [0.15, 0.2) is 12.4 Å². The minimum absolute atomic E-state index is 0. The van der Waals surface area contributed by atoms with Crippen molar-refractivity contribution >= 4 is 34.1 Å². The van der Waals surface area contributed by atoms with E-state index in [-0.39, 0.29) is 46.2 Å². The maximum atomic E-state index is 12.4. The lowest BCUT2D eigenvalue weighted by molar-refractivity contribution is -0.683. The average Bonchev–Trinajstić information content (AvgIpc) is 2.70. The fraction of sp³-hybridized carbons (Fsp3) is 0.100. The molecule has 0 bridgehead atoms. The van der Waals surface area contributed by atoms with E-state index in [0.717, 1.165) is 11.1 Å². The summed E-state index contributed by atoms with van der Waals surface area (Å²) in [4.78, 5) is 33.2. The first-order valence-electron chi connectivity index (χ1n) is 8.42. The van der Waals surface area contributed by atoms with Crippen LogP contribution in [0.25, 0.3) is 0 Å². The van der Waals surface area contributed by atoms with E-state index in [0.29, 0.717) is 6.42 Å². The standard InChI is InChI=1S/C20H16N3O5.BrH/c24-20(18-3-1-2-4-19(18)23(27)28)14-21-11-9-16(10-12-21)13-15-5-7-17(8-6-15)22(25)26;/h1-12H,13-14H2;1H/q+1;. The van der Waals surface area contributed by atoms with Gasteiger partial charge in [-0.15, -0.1) is 17.0 Å². The van der Waals surface area contributed by atoms with Gasteiger partial charge in [0, 0.05) is 30.3 Å². The molecule has 2 aromatic carbocycles. The molecule has 0 spiro atoms. The molecule has 29 heavy (non-hydrogen) atoms. The molecule has 0 aliphatic heterocycles. The Morgan fingerprint density at radius 3 is 2.00 bits per heavy atom. The number of benzene rings is 2. The van der Waals surface area contributed by atoms with Crippen LogP contribution in [-0.2, 0) is 13.0 Å². The Labute approximate surface area is 176 Å². The van der Waals surface area contributed by atoms with Crippen molar-refractivity contribution in [2.45, 2.75) is 13.0 Å². The monoisotopic (exact) mass is 458 g/mol. The predicted molar refractivity (Wildman–Crippen MR) is 110 cm³/mol. The molecule has 0 aliphatic rings. The Bertz CT molecular complexity index is 1040. The highest BCUT2D eigenvalue weighted by Gasteiger charge is 2.22. The molecule has 0 saturated carbocycles. The number of carbonyl (C=O) groups excluding carboxylic acids is 1. The zero-order chi connectivity index (χ0) is 20.1. The minimum Gasteiger partial charge on any atom is -0.287 e. The van der Waals surface area contributed by atoms with Gasteiger partial charge in [-0.2, -0.15) is 4.57 Å². The average molecular weight is 459 g/mol. The highest BCUT2D eigenvalue weighted by molar-refractivity contribution is 8.93. The van der Waals surface area contributed by atoms with Crippen LogP contribution in [0.15, 0.2) is 73.1 Å². The molecule has 8 nitrogen and oxygen atoms in total. The van der Waals surface area contributed by atoms with E-state index in [4.69, 9.17) is 0 Å². The fourth-order valence-electron chi connectivity index (χ4n) is 2.80. The number of non-ortho nitro benzene ring substituents is 1. The van der Waals surface area contributed by atoms with Gasteiger partial charge in [-0.25, -0.2) is 0 Å². The Kier molecular flexibility index (Phi) is 7.27. The van der Waals surface area contributed by atoms with Gasteiger partial charge >= 0.3 is 0 Å². The molecule has 0 aliphatic carbocycles. The zero-order valence-electron chi connectivity index (χ0n) is 15.1. The van der Waals surface area contributed by atoms with Crippen LogP contribution in [-0.4, -0.2) is 15.6 Å². The molecular weight excluding hydrogens is 442 g/mol. The minimum atomic E-state index is -0.564. The van der Waals surface area contributed by atoms with Crippen LogP contribution < -0.4 is 4.57 Å². The quantitative estimate of drug-likeness (QED) is 0.231. The largest absolute Gasteiger partial charge is 0.287 e. The fourth-order valence-corrected chi connectivity index (χ4v) is 2.80. The number of carbonyl (C=O) groups is 1. The highest BCUT2D eigenvalue weighted by atomic mass is 79.9. The molecule has 1 heterocycles. The predicted octanol–water partition coefficient (Wildman–Crippen LogP) is 3.84. The van der Waals surface area contributed by atoms with Gasteiger partial charge in [-0.05, 0) is 23.6 Å². The van der Waals surface area contributed by atoms with Gasteiger partial charge in [0.25, 0.3) is 11.4 Å². The molecular formula is C20H17BrN3O5+. The van der Waals surface area contributed by atoms with Crippen LogP contribution >= 0.6 is 17.0 Å². The smallest absolute Gasteiger partial charge is 0.280 e. The number of rotatable bonds is 7. The van der Waals surface area contributed by atoms with Crippen LogP contribution in [0.2, 0.25) is 0 Å². The SMILES string of the molecule is Br.O=C(C[n+]1ccc(Cc2ccc([N+](=O)[O-])cc2)cc1)c1ccccc1[N+](=O)[O-]. The summed E-state index contributed by atoms with van der Waals surface area (Å²) in [6.45, 7) is -0.0112. The number of Topliss-reactive ketones (excluding diaryl/α,β-unsaturated/α-hetero) is 1. The molecule has 0 fully saturated rings. The molecule has 148 valence electrons. The van der Waals surface area contributed by atoms with E-state index in [2.05, 4.69) is 0 Å².